The van der Waals surface area contributed by atoms with E-state index >= 15 is 0 Å². The van der Waals surface area contributed by atoms with Gasteiger partial charge in [0.25, 0.3) is 0 Å². The topological polar surface area (TPSA) is 120 Å². The highest BCUT2D eigenvalue weighted by molar-refractivity contribution is 6.30. The molecule has 0 aliphatic carbocycles. The highest BCUT2D eigenvalue weighted by Crippen LogP contribution is 2.14. The van der Waals surface area contributed by atoms with Gasteiger partial charge in [-0.15, -0.1) is 0 Å². The minimum Gasteiger partial charge on any atom is -0.348 e. The first-order valence-electron chi connectivity index (χ1n) is 8.92. The monoisotopic (exact) mass is 412 g/mol. The number of carbonyl (C=O) groups is 1. The molecule has 9 nitrogen and oxygen atoms in total. The molecule has 0 aliphatic heterocycles. The van der Waals surface area contributed by atoms with Crippen LogP contribution >= 0.6 is 11.6 Å². The quantitative estimate of drug-likeness (QED) is 0.378. The number of H-pyrrole nitrogens is 1. The Morgan fingerprint density at radius 1 is 1.17 bits per heavy atom. The summed E-state index contributed by atoms with van der Waals surface area (Å²) in [7, 11) is 0. The molecule has 10 heteroatoms. The van der Waals surface area contributed by atoms with Crippen LogP contribution in [0.25, 0.3) is 0 Å². The highest BCUT2D eigenvalue weighted by atomic mass is 35.5. The number of benzene rings is 1. The summed E-state index contributed by atoms with van der Waals surface area (Å²) in [5, 5.41) is 8.90. The van der Waals surface area contributed by atoms with Crippen molar-refractivity contribution in [1.29, 1.82) is 0 Å². The molecular formula is C19H21ClN8O. The number of imidazole rings is 1. The third-order valence-electron chi connectivity index (χ3n) is 3.73. The molecule has 3 rings (SSSR count). The van der Waals surface area contributed by atoms with E-state index in [0.717, 1.165) is 17.1 Å². The normalized spacial score (nSPS) is 11.2. The molecule has 0 bridgehead atoms. The number of hydrogen-bond acceptors (Lipinski definition) is 5. The van der Waals surface area contributed by atoms with Gasteiger partial charge >= 0.3 is 6.03 Å². The van der Waals surface area contributed by atoms with E-state index in [0.29, 0.717) is 29.6 Å². The number of carbonyl (C=O) groups excluding carboxylic acids is 1. The molecule has 0 atom stereocenters. The van der Waals surface area contributed by atoms with E-state index in [2.05, 4.69) is 40.9 Å². The van der Waals surface area contributed by atoms with Crippen LogP contribution in [0.15, 0.2) is 47.8 Å². The van der Waals surface area contributed by atoms with Crippen molar-refractivity contribution in [3.63, 3.8) is 0 Å². The number of amides is 2. The van der Waals surface area contributed by atoms with Crippen LogP contribution in [0.1, 0.15) is 17.1 Å². The fourth-order valence-electron chi connectivity index (χ4n) is 2.54. The number of aryl methyl sites for hydroxylation is 2. The number of aromatic amines is 1. The molecule has 2 aromatic heterocycles. The maximum absolute atomic E-state index is 12.4. The molecule has 2 heterocycles. The molecule has 0 spiro atoms. The second-order valence-electron chi connectivity index (χ2n) is 6.25. The number of halogens is 1. The predicted molar refractivity (Wildman–Crippen MR) is 113 cm³/mol. The number of rotatable bonds is 5. The minimum absolute atomic E-state index is 0.231. The Balaban J connectivity index is 1.71. The summed E-state index contributed by atoms with van der Waals surface area (Å²) in [5.74, 6) is 0.583. The second kappa shape index (κ2) is 9.65. The number of urea groups is 1. The molecule has 2 amide bonds. The molecule has 3 aromatic rings. The molecule has 0 fully saturated rings. The van der Waals surface area contributed by atoms with Crippen LogP contribution in [0.2, 0.25) is 5.02 Å². The summed E-state index contributed by atoms with van der Waals surface area (Å²) in [6, 6.07) is 8.26. The van der Waals surface area contributed by atoms with Gasteiger partial charge in [0.2, 0.25) is 11.9 Å². The molecular weight excluding hydrogens is 392 g/mol. The lowest BCUT2D eigenvalue weighted by molar-refractivity contribution is 0.256. The first-order valence-corrected chi connectivity index (χ1v) is 9.30. The smallest absolute Gasteiger partial charge is 0.326 e. The molecule has 1 aromatic carbocycles. The zero-order valence-electron chi connectivity index (χ0n) is 16.0. The number of aromatic nitrogens is 4. The van der Waals surface area contributed by atoms with Gasteiger partial charge in [-0.2, -0.15) is 0 Å². The van der Waals surface area contributed by atoms with E-state index in [-0.39, 0.29) is 5.96 Å². The number of guanidine groups is 1. The zero-order valence-corrected chi connectivity index (χ0v) is 16.8. The zero-order chi connectivity index (χ0) is 20.6. The number of anilines is 2. The van der Waals surface area contributed by atoms with Gasteiger partial charge in [0.1, 0.15) is 0 Å². The van der Waals surface area contributed by atoms with Gasteiger partial charge < -0.3 is 10.3 Å². The first-order chi connectivity index (χ1) is 14.0. The van der Waals surface area contributed by atoms with Gasteiger partial charge in [-0.1, -0.05) is 17.7 Å². The van der Waals surface area contributed by atoms with Crippen molar-refractivity contribution in [3.05, 3.63) is 65.0 Å². The van der Waals surface area contributed by atoms with Crippen LogP contribution in [0.4, 0.5) is 16.4 Å². The average Bonchev–Trinajstić information content (AvgIpc) is 3.14. The van der Waals surface area contributed by atoms with E-state index in [9.17, 15) is 4.79 Å². The molecule has 0 saturated heterocycles. The molecule has 150 valence electrons. The summed E-state index contributed by atoms with van der Waals surface area (Å²) in [6.07, 6.45) is 3.98. The van der Waals surface area contributed by atoms with E-state index in [1.54, 1.807) is 36.8 Å². The van der Waals surface area contributed by atoms with Crippen LogP contribution < -0.4 is 16.0 Å². The van der Waals surface area contributed by atoms with Crippen molar-refractivity contribution < 1.29 is 4.79 Å². The standard InChI is InChI=1S/C19H21ClN8O/c1-12-8-13(2)25-18(24-12)27-17(22-7-6-16-10-21-11-23-16)28-19(29)26-15-5-3-4-14(20)9-15/h3-5,8-11H,6-7H2,1-2H3,(H,21,23)(H3,22,24,25,26,27,28,29). The number of hydrogen-bond donors (Lipinski definition) is 4. The van der Waals surface area contributed by atoms with E-state index < -0.39 is 6.03 Å². The van der Waals surface area contributed by atoms with Gasteiger partial charge in [-0.25, -0.2) is 19.7 Å². The molecule has 4 N–H and O–H groups in total. The van der Waals surface area contributed by atoms with Crippen molar-refractivity contribution in [2.45, 2.75) is 20.3 Å². The lowest BCUT2D eigenvalue weighted by Gasteiger charge is -2.12. The molecule has 0 unspecified atom stereocenters. The fraction of sp³-hybridized carbons (Fsp3) is 0.211. The van der Waals surface area contributed by atoms with Gasteiger partial charge in [0.15, 0.2) is 0 Å². The van der Waals surface area contributed by atoms with Crippen LogP contribution in [-0.2, 0) is 6.42 Å². The largest absolute Gasteiger partial charge is 0.348 e. The predicted octanol–water partition coefficient (Wildman–Crippen LogP) is 3.30. The Bertz CT molecular complexity index is 983. The van der Waals surface area contributed by atoms with E-state index in [1.165, 1.54) is 0 Å². The lowest BCUT2D eigenvalue weighted by Crippen LogP contribution is -2.39. The van der Waals surface area contributed by atoms with E-state index in [4.69, 9.17) is 11.6 Å². The van der Waals surface area contributed by atoms with Crippen LogP contribution in [0.5, 0.6) is 0 Å². The maximum Gasteiger partial charge on any atom is 0.326 e. The Labute approximate surface area is 173 Å². The third-order valence-corrected chi connectivity index (χ3v) is 3.97. The fourth-order valence-corrected chi connectivity index (χ4v) is 2.73. The highest BCUT2D eigenvalue weighted by Gasteiger charge is 2.09. The Hall–Kier alpha value is -3.46. The minimum atomic E-state index is -0.468. The lowest BCUT2D eigenvalue weighted by atomic mass is 10.3. The molecule has 0 saturated carbocycles. The van der Waals surface area contributed by atoms with E-state index in [1.807, 2.05) is 19.9 Å². The van der Waals surface area contributed by atoms with Crippen LogP contribution in [0.3, 0.4) is 0 Å². The van der Waals surface area contributed by atoms with Crippen LogP contribution in [-0.4, -0.2) is 38.5 Å². The van der Waals surface area contributed by atoms with Crippen molar-refractivity contribution in [1.82, 2.24) is 25.3 Å². The van der Waals surface area contributed by atoms with Crippen molar-refractivity contribution >= 4 is 35.2 Å². The first kappa shape index (κ1) is 20.3. The SMILES string of the molecule is Cc1cc(C)nc(NC(=NCCc2cnc[nH]2)NC(=O)Nc2cccc(Cl)c2)n1. The van der Waals surface area contributed by atoms with Gasteiger partial charge in [0.05, 0.1) is 6.33 Å². The molecule has 0 radical (unpaired) electrons. The summed E-state index contributed by atoms with van der Waals surface area (Å²) in [5.41, 5.74) is 3.12. The summed E-state index contributed by atoms with van der Waals surface area (Å²) < 4.78 is 0. The summed E-state index contributed by atoms with van der Waals surface area (Å²) in [4.78, 5) is 32.5. The number of nitrogens with zero attached hydrogens (tertiary/aromatic N) is 4. The Morgan fingerprint density at radius 2 is 1.97 bits per heavy atom. The summed E-state index contributed by atoms with van der Waals surface area (Å²) >= 11 is 5.96. The van der Waals surface area contributed by atoms with Gasteiger partial charge in [0, 0.05) is 47.0 Å². The summed E-state index contributed by atoms with van der Waals surface area (Å²) in [6.45, 7) is 4.16. The van der Waals surface area contributed by atoms with Crippen LogP contribution in [0, 0.1) is 13.8 Å². The Morgan fingerprint density at radius 3 is 2.66 bits per heavy atom. The van der Waals surface area contributed by atoms with Crippen molar-refractivity contribution in [3.8, 4) is 0 Å². The third kappa shape index (κ3) is 6.58. The number of aliphatic imine (C=N–C) groups is 1. The average molecular weight is 413 g/mol. The molecule has 0 aliphatic rings. The maximum atomic E-state index is 12.4. The molecule has 29 heavy (non-hydrogen) atoms. The van der Waals surface area contributed by atoms with Gasteiger partial charge in [-0.05, 0) is 38.1 Å². The second-order valence-corrected chi connectivity index (χ2v) is 6.68. The van der Waals surface area contributed by atoms with Gasteiger partial charge in [-0.3, -0.25) is 15.6 Å². The number of nitrogens with one attached hydrogen (secondary N) is 4. The van der Waals surface area contributed by atoms with Crippen molar-refractivity contribution in [2.75, 3.05) is 17.2 Å². The van der Waals surface area contributed by atoms with Crippen molar-refractivity contribution in [2.24, 2.45) is 4.99 Å². The Kier molecular flexibility index (Phi) is 6.75.